The van der Waals surface area contributed by atoms with Crippen molar-refractivity contribution in [2.45, 2.75) is 35.9 Å². The van der Waals surface area contributed by atoms with E-state index in [9.17, 15) is 18.0 Å². The standard InChI is InChI=1S/C21H23F3O4S2/c1-3-27-17(11-28-16-6-4-15(5-7-16)21(22,23)24)12-29-18-8-9-19(14(2)10-18)30-13-20(25)26/h4-10,17H,3,11-13H2,1-2H3,(H,25,26). The molecule has 164 valence electrons. The zero-order valence-electron chi connectivity index (χ0n) is 16.6. The molecule has 0 fully saturated rings. The molecule has 4 nitrogen and oxygen atoms in total. The van der Waals surface area contributed by atoms with Crippen LogP contribution in [0.3, 0.4) is 0 Å². The van der Waals surface area contributed by atoms with Crippen LogP contribution in [0.5, 0.6) is 5.75 Å². The van der Waals surface area contributed by atoms with Crippen molar-refractivity contribution in [3.05, 3.63) is 53.6 Å². The summed E-state index contributed by atoms with van der Waals surface area (Å²) >= 11 is 2.86. The molecule has 0 bridgehead atoms. The maximum atomic E-state index is 12.6. The number of carboxylic acids is 1. The number of carbonyl (C=O) groups is 1. The fraction of sp³-hybridized carbons (Fsp3) is 0.381. The van der Waals surface area contributed by atoms with Gasteiger partial charge in [0.1, 0.15) is 18.5 Å². The molecular formula is C21H23F3O4S2. The monoisotopic (exact) mass is 460 g/mol. The Morgan fingerprint density at radius 1 is 1.13 bits per heavy atom. The van der Waals surface area contributed by atoms with Crippen molar-refractivity contribution >= 4 is 29.5 Å². The summed E-state index contributed by atoms with van der Waals surface area (Å²) in [5.74, 6) is 0.120. The van der Waals surface area contributed by atoms with Crippen molar-refractivity contribution in [1.29, 1.82) is 0 Å². The van der Waals surface area contributed by atoms with Gasteiger partial charge in [-0.2, -0.15) is 13.2 Å². The highest BCUT2D eigenvalue weighted by atomic mass is 32.2. The smallest absolute Gasteiger partial charge is 0.416 e. The lowest BCUT2D eigenvalue weighted by atomic mass is 10.2. The lowest BCUT2D eigenvalue weighted by Gasteiger charge is -2.18. The fourth-order valence-electron chi connectivity index (χ4n) is 2.51. The third-order valence-electron chi connectivity index (χ3n) is 3.95. The fourth-order valence-corrected chi connectivity index (χ4v) is 4.24. The average molecular weight is 461 g/mol. The molecule has 0 amide bonds. The molecule has 1 N–H and O–H groups in total. The molecule has 1 unspecified atom stereocenters. The van der Waals surface area contributed by atoms with E-state index in [0.29, 0.717) is 18.1 Å². The van der Waals surface area contributed by atoms with Gasteiger partial charge < -0.3 is 14.6 Å². The highest BCUT2D eigenvalue weighted by molar-refractivity contribution is 8.00. The summed E-state index contributed by atoms with van der Waals surface area (Å²) in [4.78, 5) is 12.7. The van der Waals surface area contributed by atoms with Gasteiger partial charge in [0.15, 0.2) is 0 Å². The van der Waals surface area contributed by atoms with E-state index in [1.807, 2.05) is 32.0 Å². The number of carboxylic acid groups (broad SMARTS) is 1. The van der Waals surface area contributed by atoms with Crippen LogP contribution in [0.25, 0.3) is 0 Å². The number of halogens is 3. The van der Waals surface area contributed by atoms with Crippen LogP contribution in [0.4, 0.5) is 13.2 Å². The van der Waals surface area contributed by atoms with E-state index in [4.69, 9.17) is 14.6 Å². The summed E-state index contributed by atoms with van der Waals surface area (Å²) in [5, 5.41) is 8.80. The molecule has 0 radical (unpaired) electrons. The molecule has 9 heteroatoms. The van der Waals surface area contributed by atoms with Crippen molar-refractivity contribution in [2.75, 3.05) is 24.7 Å². The minimum Gasteiger partial charge on any atom is -0.491 e. The molecule has 2 aromatic carbocycles. The van der Waals surface area contributed by atoms with Crippen molar-refractivity contribution in [2.24, 2.45) is 0 Å². The zero-order valence-corrected chi connectivity index (χ0v) is 18.2. The van der Waals surface area contributed by atoms with Crippen molar-refractivity contribution in [3.8, 4) is 5.75 Å². The summed E-state index contributed by atoms with van der Waals surface area (Å²) in [6.07, 6.45) is -4.60. The number of aliphatic carboxylic acids is 1. The Morgan fingerprint density at radius 3 is 2.40 bits per heavy atom. The predicted molar refractivity (Wildman–Crippen MR) is 113 cm³/mol. The number of hydrogen-bond acceptors (Lipinski definition) is 5. The van der Waals surface area contributed by atoms with Crippen LogP contribution < -0.4 is 4.74 Å². The SMILES string of the molecule is CCOC(COc1ccc(C(F)(F)F)cc1)CSc1ccc(SCC(=O)O)c(C)c1. The summed E-state index contributed by atoms with van der Waals surface area (Å²) in [7, 11) is 0. The van der Waals surface area contributed by atoms with E-state index in [1.54, 1.807) is 11.8 Å². The lowest BCUT2D eigenvalue weighted by Crippen LogP contribution is -2.24. The Morgan fingerprint density at radius 2 is 1.83 bits per heavy atom. The first kappa shape index (κ1) is 24.4. The van der Waals surface area contributed by atoms with Gasteiger partial charge >= 0.3 is 12.1 Å². The molecule has 2 rings (SSSR count). The minimum atomic E-state index is -4.37. The molecule has 2 aromatic rings. The van der Waals surface area contributed by atoms with Gasteiger partial charge in [-0.25, -0.2) is 0 Å². The lowest BCUT2D eigenvalue weighted by molar-refractivity contribution is -0.137. The van der Waals surface area contributed by atoms with Crippen LogP contribution in [-0.4, -0.2) is 41.9 Å². The zero-order chi connectivity index (χ0) is 22.1. The second-order valence-corrected chi connectivity index (χ2v) is 8.44. The van der Waals surface area contributed by atoms with Gasteiger partial charge in [0.25, 0.3) is 0 Å². The Kier molecular flexibility index (Phi) is 9.38. The molecule has 0 aliphatic rings. The summed E-state index contributed by atoms with van der Waals surface area (Å²) < 4.78 is 49.2. The molecule has 0 heterocycles. The number of thioether (sulfide) groups is 2. The van der Waals surface area contributed by atoms with Crippen LogP contribution in [0.15, 0.2) is 52.3 Å². The molecule has 30 heavy (non-hydrogen) atoms. The third-order valence-corrected chi connectivity index (χ3v) is 6.24. The van der Waals surface area contributed by atoms with E-state index in [0.717, 1.165) is 27.5 Å². The molecule has 0 aliphatic carbocycles. The van der Waals surface area contributed by atoms with E-state index >= 15 is 0 Å². The largest absolute Gasteiger partial charge is 0.491 e. The van der Waals surface area contributed by atoms with Crippen molar-refractivity contribution in [1.82, 2.24) is 0 Å². The normalized spacial score (nSPS) is 12.6. The predicted octanol–water partition coefficient (Wildman–Crippen LogP) is 5.77. The molecular weight excluding hydrogens is 437 g/mol. The summed E-state index contributed by atoms with van der Waals surface area (Å²) in [6.45, 7) is 4.51. The second kappa shape index (κ2) is 11.5. The van der Waals surface area contributed by atoms with Crippen LogP contribution in [-0.2, 0) is 15.7 Å². The van der Waals surface area contributed by atoms with Gasteiger partial charge in [0.2, 0.25) is 0 Å². The first-order valence-electron chi connectivity index (χ1n) is 9.18. The van der Waals surface area contributed by atoms with Gasteiger partial charge in [-0.15, -0.1) is 23.5 Å². The highest BCUT2D eigenvalue weighted by Gasteiger charge is 2.30. The number of benzene rings is 2. The average Bonchev–Trinajstić information content (AvgIpc) is 2.69. The van der Waals surface area contributed by atoms with E-state index in [-0.39, 0.29) is 18.5 Å². The first-order chi connectivity index (χ1) is 14.2. The van der Waals surface area contributed by atoms with Crippen LogP contribution in [0.1, 0.15) is 18.1 Å². The van der Waals surface area contributed by atoms with Gasteiger partial charge in [-0.1, -0.05) is 0 Å². The summed E-state index contributed by atoms with van der Waals surface area (Å²) in [5.41, 5.74) is 0.285. The van der Waals surface area contributed by atoms with Crippen LogP contribution in [0.2, 0.25) is 0 Å². The Balaban J connectivity index is 1.89. The second-order valence-electron chi connectivity index (χ2n) is 6.33. The van der Waals surface area contributed by atoms with Gasteiger partial charge in [-0.3, -0.25) is 4.79 Å². The van der Waals surface area contributed by atoms with E-state index in [1.165, 1.54) is 23.9 Å². The van der Waals surface area contributed by atoms with Crippen molar-refractivity contribution < 1.29 is 32.5 Å². The Hall–Kier alpha value is -1.84. The number of rotatable bonds is 11. The van der Waals surface area contributed by atoms with Gasteiger partial charge in [0.05, 0.1) is 11.3 Å². The topological polar surface area (TPSA) is 55.8 Å². The number of alkyl halides is 3. The Bertz CT molecular complexity index is 826. The molecule has 0 saturated heterocycles. The van der Waals surface area contributed by atoms with Crippen LogP contribution in [0, 0.1) is 6.92 Å². The quantitative estimate of drug-likeness (QED) is 0.430. The minimum absolute atomic E-state index is 0.0149. The van der Waals surface area contributed by atoms with Crippen molar-refractivity contribution in [3.63, 3.8) is 0 Å². The van der Waals surface area contributed by atoms with Gasteiger partial charge in [-0.05, 0) is 61.9 Å². The maximum absolute atomic E-state index is 12.6. The number of ether oxygens (including phenoxy) is 2. The number of aryl methyl sites for hydroxylation is 1. The van der Waals surface area contributed by atoms with Crippen LogP contribution >= 0.6 is 23.5 Å². The van der Waals surface area contributed by atoms with Gasteiger partial charge in [0, 0.05) is 22.2 Å². The van der Waals surface area contributed by atoms with E-state index in [2.05, 4.69) is 0 Å². The maximum Gasteiger partial charge on any atom is 0.416 e. The molecule has 0 saturated carbocycles. The molecule has 0 aromatic heterocycles. The highest BCUT2D eigenvalue weighted by Crippen LogP contribution is 2.31. The summed E-state index contributed by atoms with van der Waals surface area (Å²) in [6, 6.07) is 10.4. The van der Waals surface area contributed by atoms with E-state index < -0.39 is 17.7 Å². The molecule has 1 atom stereocenters. The number of hydrogen-bond donors (Lipinski definition) is 1. The third kappa shape index (κ3) is 8.12. The molecule has 0 aliphatic heterocycles. The molecule has 0 spiro atoms. The first-order valence-corrected chi connectivity index (χ1v) is 11.2. The Labute approximate surface area is 182 Å².